The van der Waals surface area contributed by atoms with E-state index in [1.54, 1.807) is 32.5 Å². The maximum atomic E-state index is 11.9. The van der Waals surface area contributed by atoms with Gasteiger partial charge in [0.1, 0.15) is 12.2 Å². The molecule has 1 fully saturated rings. The number of anilines is 1. The lowest BCUT2D eigenvalue weighted by molar-refractivity contribution is -0.0296. The van der Waals surface area contributed by atoms with E-state index in [0.29, 0.717) is 18.0 Å². The second-order valence-electron chi connectivity index (χ2n) is 7.18. The number of aromatic amines is 1. The third kappa shape index (κ3) is 4.36. The molecule has 0 spiro atoms. The van der Waals surface area contributed by atoms with Gasteiger partial charge in [-0.15, -0.1) is 0 Å². The molecule has 144 valence electrons. The van der Waals surface area contributed by atoms with E-state index in [2.05, 4.69) is 42.6 Å². The van der Waals surface area contributed by atoms with Gasteiger partial charge >= 0.3 is 0 Å². The van der Waals surface area contributed by atoms with E-state index in [0.717, 1.165) is 6.42 Å². The van der Waals surface area contributed by atoms with Crippen molar-refractivity contribution in [1.82, 2.24) is 19.5 Å². The molecule has 0 radical (unpaired) electrons. The Bertz CT molecular complexity index is 816. The van der Waals surface area contributed by atoms with Crippen molar-refractivity contribution in [2.75, 3.05) is 11.7 Å². The number of fused-ring (bicyclic) bond motifs is 1. The minimum Gasteiger partial charge on any atom is -0.369 e. The molecule has 3 atom stereocenters. The number of rotatable bonds is 6. The molecule has 1 aliphatic heterocycles. The first-order chi connectivity index (χ1) is 12.3. The number of nitrogen functional groups attached to an aromatic ring is 1. The summed E-state index contributed by atoms with van der Waals surface area (Å²) < 4.78 is 14.2. The summed E-state index contributed by atoms with van der Waals surface area (Å²) in [5, 5.41) is 0. The summed E-state index contributed by atoms with van der Waals surface area (Å²) in [5.41, 5.74) is 6.02. The highest BCUT2D eigenvalue weighted by Gasteiger charge is 2.36. The van der Waals surface area contributed by atoms with Gasteiger partial charge in [-0.2, -0.15) is 4.98 Å². The fourth-order valence-electron chi connectivity index (χ4n) is 2.88. The third-order valence-electron chi connectivity index (χ3n) is 3.98. The minimum atomic E-state index is -0.348. The van der Waals surface area contributed by atoms with Crippen molar-refractivity contribution in [2.45, 2.75) is 63.7 Å². The van der Waals surface area contributed by atoms with Gasteiger partial charge in [-0.3, -0.25) is 14.3 Å². The summed E-state index contributed by atoms with van der Waals surface area (Å²) in [7, 11) is 3.51. The third-order valence-corrected chi connectivity index (χ3v) is 6.98. The van der Waals surface area contributed by atoms with E-state index in [1.807, 2.05) is 0 Å². The van der Waals surface area contributed by atoms with Crippen LogP contribution < -0.4 is 11.3 Å². The van der Waals surface area contributed by atoms with Crippen LogP contribution in [0, 0.1) is 0 Å². The molecule has 0 aliphatic carbocycles. The average Bonchev–Trinajstić information content (AvgIpc) is 3.14. The molecule has 1 saturated heterocycles. The molecular weight excluding hydrogens is 374 g/mol. The fraction of sp³-hybridized carbons (Fsp3) is 0.688. The van der Waals surface area contributed by atoms with Crippen molar-refractivity contribution in [3.05, 3.63) is 16.7 Å². The summed E-state index contributed by atoms with van der Waals surface area (Å²) >= 11 is 0. The summed E-state index contributed by atoms with van der Waals surface area (Å²) in [4.78, 5) is 22.8. The highest BCUT2D eigenvalue weighted by atomic mass is 33.1. The molecule has 3 N–H and O–H groups in total. The van der Waals surface area contributed by atoms with Crippen molar-refractivity contribution in [2.24, 2.45) is 0 Å². The Morgan fingerprint density at radius 2 is 2.27 bits per heavy atom. The smallest absolute Gasteiger partial charge is 0.280 e. The van der Waals surface area contributed by atoms with Crippen LogP contribution in [0.15, 0.2) is 11.1 Å². The second-order valence-corrected chi connectivity index (χ2v) is 10.3. The predicted molar refractivity (Wildman–Crippen MR) is 106 cm³/mol. The standard InChI is InChI=1S/C16H25N5O3S2/c1-5-9-10(23-8-25-26-16(2,3)4)6-11(24-9)21-7-18-12-13(21)19-15(17)20-14(12)22/h7,9-11H,5-6,8H2,1-4H3,(H3,17,19,20,22)/t9-,10-,11-/m1/s1. The van der Waals surface area contributed by atoms with E-state index in [1.165, 1.54) is 0 Å². The molecule has 8 nitrogen and oxygen atoms in total. The number of nitrogens with one attached hydrogen (secondary N) is 1. The number of hydrogen-bond donors (Lipinski definition) is 2. The number of nitrogens with two attached hydrogens (primary N) is 1. The highest BCUT2D eigenvalue weighted by Crippen LogP contribution is 2.38. The van der Waals surface area contributed by atoms with Gasteiger partial charge in [0.05, 0.1) is 18.5 Å². The summed E-state index contributed by atoms with van der Waals surface area (Å²) in [6.07, 6.45) is 2.83. The lowest BCUT2D eigenvalue weighted by Gasteiger charge is -2.19. The maximum Gasteiger partial charge on any atom is 0.280 e. The number of ether oxygens (including phenoxy) is 2. The van der Waals surface area contributed by atoms with Crippen LogP contribution in [0.25, 0.3) is 11.2 Å². The molecule has 0 aromatic carbocycles. The average molecular weight is 400 g/mol. The first-order valence-electron chi connectivity index (χ1n) is 8.58. The van der Waals surface area contributed by atoms with Gasteiger partial charge in [0.15, 0.2) is 11.2 Å². The molecule has 2 aromatic rings. The minimum absolute atomic E-state index is 0.00275. The van der Waals surface area contributed by atoms with Crippen LogP contribution in [0.5, 0.6) is 0 Å². The molecule has 10 heteroatoms. The summed E-state index contributed by atoms with van der Waals surface area (Å²) in [6, 6.07) is 0. The normalized spacial score (nSPS) is 23.8. The van der Waals surface area contributed by atoms with Crippen molar-refractivity contribution < 1.29 is 9.47 Å². The zero-order valence-electron chi connectivity index (χ0n) is 15.4. The van der Waals surface area contributed by atoms with E-state index in [9.17, 15) is 4.79 Å². The molecule has 1 aliphatic rings. The van der Waals surface area contributed by atoms with Crippen molar-refractivity contribution in [3.63, 3.8) is 0 Å². The number of nitrogens with zero attached hydrogens (tertiary/aromatic N) is 3. The Morgan fingerprint density at radius 1 is 1.50 bits per heavy atom. The van der Waals surface area contributed by atoms with Crippen molar-refractivity contribution >= 4 is 38.7 Å². The van der Waals surface area contributed by atoms with Gasteiger partial charge in [0, 0.05) is 11.2 Å². The molecule has 2 aromatic heterocycles. The zero-order valence-corrected chi connectivity index (χ0v) is 17.0. The Kier molecular flexibility index (Phi) is 5.85. The van der Waals surface area contributed by atoms with E-state index >= 15 is 0 Å². The highest BCUT2D eigenvalue weighted by molar-refractivity contribution is 8.77. The largest absolute Gasteiger partial charge is 0.369 e. The van der Waals surface area contributed by atoms with Gasteiger partial charge in [-0.1, -0.05) is 49.3 Å². The van der Waals surface area contributed by atoms with Crippen LogP contribution in [0.3, 0.4) is 0 Å². The molecule has 0 bridgehead atoms. The maximum absolute atomic E-state index is 11.9. The Morgan fingerprint density at radius 3 is 2.96 bits per heavy atom. The summed E-state index contributed by atoms with van der Waals surface area (Å²) in [6.45, 7) is 8.61. The van der Waals surface area contributed by atoms with E-state index in [-0.39, 0.29) is 40.2 Å². The van der Waals surface area contributed by atoms with Crippen LogP contribution in [0.4, 0.5) is 5.95 Å². The molecule has 3 rings (SSSR count). The first kappa shape index (κ1) is 19.5. The zero-order chi connectivity index (χ0) is 18.9. The van der Waals surface area contributed by atoms with Crippen LogP contribution in [-0.4, -0.2) is 42.4 Å². The van der Waals surface area contributed by atoms with Gasteiger partial charge in [-0.25, -0.2) is 4.98 Å². The van der Waals surface area contributed by atoms with Crippen LogP contribution in [0.2, 0.25) is 0 Å². The van der Waals surface area contributed by atoms with Crippen LogP contribution in [-0.2, 0) is 9.47 Å². The number of imidazole rings is 1. The molecule has 0 unspecified atom stereocenters. The van der Waals surface area contributed by atoms with Gasteiger partial charge in [0.2, 0.25) is 5.95 Å². The topological polar surface area (TPSA) is 108 Å². The first-order valence-corrected chi connectivity index (χ1v) is 10.9. The lowest BCUT2D eigenvalue weighted by Crippen LogP contribution is -2.23. The predicted octanol–water partition coefficient (Wildman–Crippen LogP) is 2.92. The monoisotopic (exact) mass is 399 g/mol. The molecule has 0 saturated carbocycles. The van der Waals surface area contributed by atoms with Crippen LogP contribution in [0.1, 0.15) is 46.8 Å². The fourth-order valence-corrected chi connectivity index (χ4v) is 4.88. The lowest BCUT2D eigenvalue weighted by atomic mass is 10.1. The molecular formula is C16H25N5O3S2. The van der Waals surface area contributed by atoms with Gasteiger partial charge < -0.3 is 15.2 Å². The van der Waals surface area contributed by atoms with E-state index < -0.39 is 0 Å². The quantitative estimate of drug-likeness (QED) is 0.434. The molecule has 3 heterocycles. The Labute approximate surface area is 160 Å². The van der Waals surface area contributed by atoms with Gasteiger partial charge in [-0.05, 0) is 6.42 Å². The SMILES string of the molecule is CC[C@H]1O[C@@H](n2cnc3c(=O)[nH]c(N)nc32)C[C@H]1OCSSC(C)(C)C. The Balaban J connectivity index is 1.70. The van der Waals surface area contributed by atoms with Crippen molar-refractivity contribution in [1.29, 1.82) is 0 Å². The molecule has 0 amide bonds. The van der Waals surface area contributed by atoms with Crippen LogP contribution >= 0.6 is 21.6 Å². The number of H-pyrrole nitrogens is 1. The second kappa shape index (κ2) is 7.79. The Hall–Kier alpha value is -1.23. The van der Waals surface area contributed by atoms with E-state index in [4.69, 9.17) is 15.2 Å². The van der Waals surface area contributed by atoms with Crippen molar-refractivity contribution in [3.8, 4) is 0 Å². The summed E-state index contributed by atoms with van der Waals surface area (Å²) in [5.74, 6) is 0.673. The molecule has 26 heavy (non-hydrogen) atoms. The number of hydrogen-bond acceptors (Lipinski definition) is 8. The number of aromatic nitrogens is 4. The van der Waals surface area contributed by atoms with Gasteiger partial charge in [0.25, 0.3) is 5.56 Å².